The quantitative estimate of drug-likeness (QED) is 0.830. The average Bonchev–Trinajstić information content (AvgIpc) is 2.78. The molecule has 0 spiro atoms. The lowest BCUT2D eigenvalue weighted by molar-refractivity contribution is 0.0900. The molecule has 0 aromatic carbocycles. The number of anilines is 2. The predicted octanol–water partition coefficient (Wildman–Crippen LogP) is 1.59. The minimum Gasteiger partial charge on any atom is -0.383 e. The van der Waals surface area contributed by atoms with Crippen LogP contribution in [-0.2, 0) is 4.74 Å². The molecule has 1 aromatic rings. The van der Waals surface area contributed by atoms with E-state index in [1.54, 1.807) is 0 Å². The summed E-state index contributed by atoms with van der Waals surface area (Å²) in [4.78, 5) is 8.16. The van der Waals surface area contributed by atoms with E-state index in [0.717, 1.165) is 37.4 Å². The highest BCUT2D eigenvalue weighted by molar-refractivity contribution is 5.53. The molecule has 3 N–H and O–H groups in total. The van der Waals surface area contributed by atoms with Crippen molar-refractivity contribution in [2.24, 2.45) is 5.92 Å². The summed E-state index contributed by atoms with van der Waals surface area (Å²) in [5.74, 6) is 1.94. The largest absolute Gasteiger partial charge is 0.383 e. The van der Waals surface area contributed by atoms with E-state index in [2.05, 4.69) is 22.2 Å². The molecule has 1 aliphatic heterocycles. The fourth-order valence-electron chi connectivity index (χ4n) is 2.25. The number of hydrogen-bond acceptors (Lipinski definition) is 5. The molecule has 2 unspecified atom stereocenters. The summed E-state index contributed by atoms with van der Waals surface area (Å²) in [6, 6.07) is 0. The SMILES string of the molecule is CCC1OCCC1CNc1ncnc(N)c1C. The number of nitrogens with one attached hydrogen (secondary N) is 1. The van der Waals surface area contributed by atoms with Crippen LogP contribution in [0.5, 0.6) is 0 Å². The van der Waals surface area contributed by atoms with Crippen LogP contribution in [0.15, 0.2) is 6.33 Å². The van der Waals surface area contributed by atoms with E-state index in [-0.39, 0.29) is 0 Å². The van der Waals surface area contributed by atoms with Gasteiger partial charge in [-0.3, -0.25) is 0 Å². The number of hydrogen-bond donors (Lipinski definition) is 2. The fourth-order valence-corrected chi connectivity index (χ4v) is 2.25. The van der Waals surface area contributed by atoms with Gasteiger partial charge in [0.2, 0.25) is 0 Å². The zero-order valence-corrected chi connectivity index (χ0v) is 10.4. The molecule has 17 heavy (non-hydrogen) atoms. The third-order valence-electron chi connectivity index (χ3n) is 3.40. The van der Waals surface area contributed by atoms with Crippen molar-refractivity contribution in [2.75, 3.05) is 24.2 Å². The highest BCUT2D eigenvalue weighted by Crippen LogP contribution is 2.24. The number of nitrogens with zero attached hydrogens (tertiary/aromatic N) is 2. The Morgan fingerprint density at radius 2 is 2.35 bits per heavy atom. The Labute approximate surface area is 102 Å². The number of ether oxygens (including phenoxy) is 1. The maximum absolute atomic E-state index is 5.74. The third kappa shape index (κ3) is 2.66. The molecule has 0 amide bonds. The lowest BCUT2D eigenvalue weighted by Gasteiger charge is -2.18. The van der Waals surface area contributed by atoms with Gasteiger partial charge in [-0.15, -0.1) is 0 Å². The molecule has 0 saturated carbocycles. The normalized spacial score (nSPS) is 23.9. The van der Waals surface area contributed by atoms with Gasteiger partial charge in [0, 0.05) is 24.6 Å². The van der Waals surface area contributed by atoms with E-state index in [1.165, 1.54) is 6.33 Å². The summed E-state index contributed by atoms with van der Waals surface area (Å²) < 4.78 is 5.66. The molecule has 0 bridgehead atoms. The van der Waals surface area contributed by atoms with Crippen molar-refractivity contribution in [2.45, 2.75) is 32.8 Å². The highest BCUT2D eigenvalue weighted by Gasteiger charge is 2.26. The Hall–Kier alpha value is -1.36. The molecule has 2 rings (SSSR count). The third-order valence-corrected chi connectivity index (χ3v) is 3.40. The van der Waals surface area contributed by atoms with Crippen molar-refractivity contribution in [3.63, 3.8) is 0 Å². The second-order valence-electron chi connectivity index (χ2n) is 4.48. The summed E-state index contributed by atoms with van der Waals surface area (Å²) in [7, 11) is 0. The van der Waals surface area contributed by atoms with E-state index in [1.807, 2.05) is 6.92 Å². The molecule has 94 valence electrons. The standard InChI is InChI=1S/C12H20N4O/c1-3-10-9(4-5-17-10)6-14-12-8(2)11(13)15-7-16-12/h7,9-10H,3-6H2,1-2H3,(H3,13,14,15,16). The molecular formula is C12H20N4O. The summed E-state index contributed by atoms with van der Waals surface area (Å²) >= 11 is 0. The van der Waals surface area contributed by atoms with Crippen LogP contribution in [0.1, 0.15) is 25.3 Å². The lowest BCUT2D eigenvalue weighted by Crippen LogP contribution is -2.23. The molecule has 2 heterocycles. The van der Waals surface area contributed by atoms with Gasteiger partial charge >= 0.3 is 0 Å². The maximum atomic E-state index is 5.74. The summed E-state index contributed by atoms with van der Waals surface area (Å²) in [6.45, 7) is 5.85. The number of nitrogen functional groups attached to an aromatic ring is 1. The Bertz CT molecular complexity index is 383. The first-order valence-electron chi connectivity index (χ1n) is 6.15. The minimum absolute atomic E-state index is 0.377. The number of nitrogens with two attached hydrogens (primary N) is 1. The smallest absolute Gasteiger partial charge is 0.134 e. The first-order chi connectivity index (χ1) is 8.22. The Kier molecular flexibility index (Phi) is 3.78. The predicted molar refractivity (Wildman–Crippen MR) is 67.8 cm³/mol. The van der Waals surface area contributed by atoms with Crippen LogP contribution < -0.4 is 11.1 Å². The Balaban J connectivity index is 1.95. The molecule has 5 nitrogen and oxygen atoms in total. The van der Waals surface area contributed by atoms with Crippen molar-refractivity contribution in [1.29, 1.82) is 0 Å². The first-order valence-corrected chi connectivity index (χ1v) is 6.15. The molecule has 2 atom stereocenters. The second kappa shape index (κ2) is 5.31. The van der Waals surface area contributed by atoms with Gasteiger partial charge in [0.25, 0.3) is 0 Å². The summed E-state index contributed by atoms with van der Waals surface area (Å²) in [5, 5.41) is 3.35. The van der Waals surface area contributed by atoms with Crippen molar-refractivity contribution in [3.05, 3.63) is 11.9 Å². The van der Waals surface area contributed by atoms with Crippen molar-refractivity contribution < 1.29 is 4.74 Å². The van der Waals surface area contributed by atoms with Gasteiger partial charge in [-0.2, -0.15) is 0 Å². The van der Waals surface area contributed by atoms with E-state index in [0.29, 0.717) is 17.8 Å². The molecule has 1 saturated heterocycles. The molecule has 1 aromatic heterocycles. The zero-order chi connectivity index (χ0) is 12.3. The van der Waals surface area contributed by atoms with Crippen molar-refractivity contribution >= 4 is 11.6 Å². The Morgan fingerprint density at radius 1 is 1.53 bits per heavy atom. The highest BCUT2D eigenvalue weighted by atomic mass is 16.5. The fraction of sp³-hybridized carbons (Fsp3) is 0.667. The molecule has 1 fully saturated rings. The second-order valence-corrected chi connectivity index (χ2v) is 4.48. The van der Waals surface area contributed by atoms with Crippen molar-refractivity contribution in [1.82, 2.24) is 9.97 Å². The van der Waals surface area contributed by atoms with Gasteiger partial charge in [-0.25, -0.2) is 9.97 Å². The first kappa shape index (κ1) is 12.1. The van der Waals surface area contributed by atoms with E-state index in [4.69, 9.17) is 10.5 Å². The molecule has 1 aliphatic rings. The zero-order valence-electron chi connectivity index (χ0n) is 10.4. The summed E-state index contributed by atoms with van der Waals surface area (Å²) in [6.07, 6.45) is 4.05. The van der Waals surface area contributed by atoms with Gasteiger partial charge in [-0.1, -0.05) is 6.92 Å². The lowest BCUT2D eigenvalue weighted by atomic mass is 10.00. The van der Waals surface area contributed by atoms with Gasteiger partial charge in [0.1, 0.15) is 18.0 Å². The number of aromatic nitrogens is 2. The van der Waals surface area contributed by atoms with E-state index in [9.17, 15) is 0 Å². The monoisotopic (exact) mass is 236 g/mol. The van der Waals surface area contributed by atoms with E-state index < -0.39 is 0 Å². The minimum atomic E-state index is 0.377. The van der Waals surface area contributed by atoms with Crippen LogP contribution in [0, 0.1) is 12.8 Å². The molecule has 5 heteroatoms. The average molecular weight is 236 g/mol. The van der Waals surface area contributed by atoms with Crippen LogP contribution in [0.4, 0.5) is 11.6 Å². The van der Waals surface area contributed by atoms with Crippen LogP contribution in [-0.4, -0.2) is 29.2 Å². The molecule has 0 radical (unpaired) electrons. The van der Waals surface area contributed by atoms with E-state index >= 15 is 0 Å². The van der Waals surface area contributed by atoms with Crippen LogP contribution in [0.2, 0.25) is 0 Å². The van der Waals surface area contributed by atoms with Gasteiger partial charge in [0.15, 0.2) is 0 Å². The molecular weight excluding hydrogens is 216 g/mol. The van der Waals surface area contributed by atoms with Crippen LogP contribution in [0.25, 0.3) is 0 Å². The van der Waals surface area contributed by atoms with Gasteiger partial charge in [0.05, 0.1) is 6.10 Å². The summed E-state index contributed by atoms with van der Waals surface area (Å²) in [5.41, 5.74) is 6.66. The van der Waals surface area contributed by atoms with Gasteiger partial charge < -0.3 is 15.8 Å². The molecule has 0 aliphatic carbocycles. The number of rotatable bonds is 4. The Morgan fingerprint density at radius 3 is 3.12 bits per heavy atom. The van der Waals surface area contributed by atoms with Crippen LogP contribution >= 0.6 is 0 Å². The van der Waals surface area contributed by atoms with Crippen LogP contribution in [0.3, 0.4) is 0 Å². The topological polar surface area (TPSA) is 73.1 Å². The maximum Gasteiger partial charge on any atom is 0.134 e. The van der Waals surface area contributed by atoms with Crippen molar-refractivity contribution in [3.8, 4) is 0 Å². The van der Waals surface area contributed by atoms with Gasteiger partial charge in [-0.05, 0) is 19.8 Å².